The maximum Gasteiger partial charge on any atom is 0.258 e. The van der Waals surface area contributed by atoms with Gasteiger partial charge in [-0.2, -0.15) is 0 Å². The highest BCUT2D eigenvalue weighted by atomic mass is 32.2. The van der Waals surface area contributed by atoms with E-state index in [1.54, 1.807) is 28.8 Å². The molecule has 0 saturated heterocycles. The minimum Gasteiger partial charge on any atom is -0.269 e. The summed E-state index contributed by atoms with van der Waals surface area (Å²) in [4.78, 5) is 17.5. The number of fused-ring (bicyclic) bond motifs is 1. The molecule has 21 heavy (non-hydrogen) atoms. The van der Waals surface area contributed by atoms with Gasteiger partial charge in [-0.25, -0.2) is 9.37 Å². The Hall–Kier alpha value is -2.14. The van der Waals surface area contributed by atoms with Crippen molar-refractivity contribution < 1.29 is 4.39 Å². The zero-order chi connectivity index (χ0) is 14.8. The Kier molecular flexibility index (Phi) is 3.75. The predicted molar refractivity (Wildman–Crippen MR) is 82.2 cm³/mol. The number of halogens is 1. The number of pyridine rings is 1. The first kappa shape index (κ1) is 13.8. The van der Waals surface area contributed by atoms with Crippen LogP contribution in [0.1, 0.15) is 11.3 Å². The van der Waals surface area contributed by atoms with Gasteiger partial charge in [0.15, 0.2) is 0 Å². The molecule has 0 aliphatic carbocycles. The van der Waals surface area contributed by atoms with Gasteiger partial charge in [-0.05, 0) is 42.8 Å². The van der Waals surface area contributed by atoms with Crippen molar-refractivity contribution in [2.24, 2.45) is 0 Å². The van der Waals surface area contributed by atoms with E-state index >= 15 is 0 Å². The van der Waals surface area contributed by atoms with Crippen molar-refractivity contribution in [1.29, 1.82) is 0 Å². The molecule has 1 aromatic carbocycles. The normalized spacial score (nSPS) is 11.0. The summed E-state index contributed by atoms with van der Waals surface area (Å²) < 4.78 is 14.4. The lowest BCUT2D eigenvalue weighted by atomic mass is 10.3. The molecule has 3 rings (SSSR count). The maximum atomic E-state index is 12.8. The van der Waals surface area contributed by atoms with Gasteiger partial charge in [0.05, 0.1) is 5.69 Å². The molecule has 0 spiro atoms. The van der Waals surface area contributed by atoms with Gasteiger partial charge < -0.3 is 0 Å². The molecule has 0 radical (unpaired) electrons. The number of aryl methyl sites for hydroxylation is 1. The van der Waals surface area contributed by atoms with Crippen molar-refractivity contribution >= 4 is 17.4 Å². The molecular weight excluding hydrogens is 287 g/mol. The van der Waals surface area contributed by atoms with E-state index in [-0.39, 0.29) is 11.4 Å². The largest absolute Gasteiger partial charge is 0.269 e. The SMILES string of the molecule is Cc1ccc2nc(CSc3ccc(F)cc3)cc(=O)n2c1. The lowest BCUT2D eigenvalue weighted by molar-refractivity contribution is 0.626. The Morgan fingerprint density at radius 1 is 1.19 bits per heavy atom. The van der Waals surface area contributed by atoms with Crippen LogP contribution in [-0.2, 0) is 5.75 Å². The van der Waals surface area contributed by atoms with Gasteiger partial charge in [-0.3, -0.25) is 9.20 Å². The minimum absolute atomic E-state index is 0.0848. The summed E-state index contributed by atoms with van der Waals surface area (Å²) in [5, 5.41) is 0. The second kappa shape index (κ2) is 5.69. The fourth-order valence-corrected chi connectivity index (χ4v) is 2.81. The monoisotopic (exact) mass is 300 g/mol. The molecule has 0 amide bonds. The Balaban J connectivity index is 1.86. The summed E-state index contributed by atoms with van der Waals surface area (Å²) in [6, 6.07) is 11.6. The van der Waals surface area contributed by atoms with Crippen molar-refractivity contribution in [3.8, 4) is 0 Å². The third-order valence-corrected chi connectivity index (χ3v) is 4.11. The number of hydrogen-bond donors (Lipinski definition) is 0. The molecule has 2 heterocycles. The summed E-state index contributed by atoms with van der Waals surface area (Å²) in [5.74, 6) is 0.322. The highest BCUT2D eigenvalue weighted by molar-refractivity contribution is 7.98. The lowest BCUT2D eigenvalue weighted by Gasteiger charge is -2.05. The third kappa shape index (κ3) is 3.13. The van der Waals surface area contributed by atoms with Gasteiger partial charge in [0, 0.05) is 22.9 Å². The molecule has 106 valence electrons. The van der Waals surface area contributed by atoms with Gasteiger partial charge in [0.2, 0.25) is 0 Å². The standard InChI is InChI=1S/C16H13FN2OS/c1-11-2-7-15-18-13(8-16(20)19(15)9-11)10-21-14-5-3-12(17)4-6-14/h2-9H,10H2,1H3. The molecule has 0 bridgehead atoms. The maximum absolute atomic E-state index is 12.8. The molecule has 2 aromatic heterocycles. The average Bonchev–Trinajstić information content (AvgIpc) is 2.47. The van der Waals surface area contributed by atoms with E-state index in [4.69, 9.17) is 0 Å². The highest BCUT2D eigenvalue weighted by Crippen LogP contribution is 2.21. The van der Waals surface area contributed by atoms with Gasteiger partial charge in [-0.1, -0.05) is 6.07 Å². The summed E-state index contributed by atoms with van der Waals surface area (Å²) >= 11 is 1.53. The van der Waals surface area contributed by atoms with E-state index in [9.17, 15) is 9.18 Å². The van der Waals surface area contributed by atoms with Gasteiger partial charge >= 0.3 is 0 Å². The number of nitrogens with zero attached hydrogens (tertiary/aromatic N) is 2. The first-order chi connectivity index (χ1) is 10.1. The van der Waals surface area contributed by atoms with E-state index < -0.39 is 0 Å². The van der Waals surface area contributed by atoms with Crippen LogP contribution in [0, 0.1) is 12.7 Å². The summed E-state index contributed by atoms with van der Waals surface area (Å²) in [6.07, 6.45) is 1.78. The summed E-state index contributed by atoms with van der Waals surface area (Å²) in [6.45, 7) is 1.93. The van der Waals surface area contributed by atoms with Crippen LogP contribution in [0.2, 0.25) is 0 Å². The van der Waals surface area contributed by atoms with Crippen molar-refractivity contribution in [3.63, 3.8) is 0 Å². The van der Waals surface area contributed by atoms with Crippen molar-refractivity contribution in [2.45, 2.75) is 17.6 Å². The smallest absolute Gasteiger partial charge is 0.258 e. The fourth-order valence-electron chi connectivity index (χ4n) is 2.02. The molecule has 0 aliphatic rings. The van der Waals surface area contributed by atoms with Gasteiger partial charge in [0.25, 0.3) is 5.56 Å². The zero-order valence-corrected chi connectivity index (χ0v) is 12.2. The number of thioether (sulfide) groups is 1. The van der Waals surface area contributed by atoms with E-state index in [0.29, 0.717) is 11.4 Å². The molecule has 5 heteroatoms. The number of rotatable bonds is 3. The molecule has 3 nitrogen and oxygen atoms in total. The van der Waals surface area contributed by atoms with Crippen LogP contribution in [-0.4, -0.2) is 9.38 Å². The van der Waals surface area contributed by atoms with Crippen LogP contribution >= 0.6 is 11.8 Å². The average molecular weight is 300 g/mol. The summed E-state index contributed by atoms with van der Waals surface area (Å²) in [5.41, 5.74) is 2.29. The topological polar surface area (TPSA) is 34.4 Å². The number of benzene rings is 1. The molecule has 0 N–H and O–H groups in total. The predicted octanol–water partition coefficient (Wildman–Crippen LogP) is 3.43. The Labute approximate surface area is 125 Å². The zero-order valence-electron chi connectivity index (χ0n) is 11.4. The van der Waals surface area contributed by atoms with Gasteiger partial charge in [-0.15, -0.1) is 11.8 Å². The Morgan fingerprint density at radius 3 is 2.71 bits per heavy atom. The van der Waals surface area contributed by atoms with Crippen molar-refractivity contribution in [1.82, 2.24) is 9.38 Å². The van der Waals surface area contributed by atoms with E-state index in [1.807, 2.05) is 19.1 Å². The second-order valence-corrected chi connectivity index (χ2v) is 5.81. The second-order valence-electron chi connectivity index (χ2n) is 4.76. The van der Waals surface area contributed by atoms with Crippen molar-refractivity contribution in [2.75, 3.05) is 0 Å². The highest BCUT2D eigenvalue weighted by Gasteiger charge is 2.04. The van der Waals surface area contributed by atoms with Crippen LogP contribution in [0.4, 0.5) is 4.39 Å². The lowest BCUT2D eigenvalue weighted by Crippen LogP contribution is -2.15. The molecule has 0 unspecified atom stereocenters. The van der Waals surface area contributed by atoms with Crippen LogP contribution in [0.5, 0.6) is 0 Å². The minimum atomic E-state index is -0.253. The van der Waals surface area contributed by atoms with Crippen molar-refractivity contribution in [3.05, 3.63) is 76.1 Å². The third-order valence-electron chi connectivity index (χ3n) is 3.06. The molecule has 0 atom stereocenters. The molecular formula is C16H13FN2OS. The number of aromatic nitrogens is 2. The molecule has 0 saturated carbocycles. The molecule has 0 aliphatic heterocycles. The summed E-state index contributed by atoms with van der Waals surface area (Å²) in [7, 11) is 0. The Morgan fingerprint density at radius 2 is 1.95 bits per heavy atom. The van der Waals surface area contributed by atoms with E-state index in [1.165, 1.54) is 23.9 Å². The molecule has 3 aromatic rings. The molecule has 0 fully saturated rings. The first-order valence-corrected chi connectivity index (χ1v) is 7.48. The van der Waals surface area contributed by atoms with Crippen LogP contribution < -0.4 is 5.56 Å². The van der Waals surface area contributed by atoms with E-state index in [0.717, 1.165) is 16.2 Å². The van der Waals surface area contributed by atoms with E-state index in [2.05, 4.69) is 4.98 Å². The number of hydrogen-bond acceptors (Lipinski definition) is 3. The fraction of sp³-hybridized carbons (Fsp3) is 0.125. The van der Waals surface area contributed by atoms with Crippen LogP contribution in [0.25, 0.3) is 5.65 Å². The van der Waals surface area contributed by atoms with Crippen LogP contribution in [0.15, 0.2) is 58.4 Å². The first-order valence-electron chi connectivity index (χ1n) is 6.49. The Bertz CT molecular complexity index is 843. The quantitative estimate of drug-likeness (QED) is 0.695. The van der Waals surface area contributed by atoms with Gasteiger partial charge in [0.1, 0.15) is 11.5 Å². The van der Waals surface area contributed by atoms with Crippen LogP contribution in [0.3, 0.4) is 0 Å².